The first-order valence-electron chi connectivity index (χ1n) is 6.58. The summed E-state index contributed by atoms with van der Waals surface area (Å²) in [6.07, 6.45) is 3.40. The highest BCUT2D eigenvalue weighted by atomic mass is 32.2. The normalized spacial score (nSPS) is 10.4. The molecule has 0 aliphatic rings. The van der Waals surface area contributed by atoms with E-state index in [4.69, 9.17) is 0 Å². The molecule has 110 valence electrons. The number of nitrogens with one attached hydrogen (secondary N) is 1. The maximum absolute atomic E-state index is 12.0. The Kier molecular flexibility index (Phi) is 5.16. The predicted octanol–water partition coefficient (Wildman–Crippen LogP) is 2.81. The Bertz CT molecular complexity index is 651. The number of carbonyl (C=O) groups excluding carboxylic acids is 1. The van der Waals surface area contributed by atoms with E-state index in [9.17, 15) is 4.79 Å². The van der Waals surface area contributed by atoms with Gasteiger partial charge in [0.05, 0.1) is 5.75 Å². The van der Waals surface area contributed by atoms with Gasteiger partial charge in [-0.1, -0.05) is 35.5 Å². The van der Waals surface area contributed by atoms with Gasteiger partial charge in [-0.05, 0) is 25.5 Å². The summed E-state index contributed by atoms with van der Waals surface area (Å²) in [5.41, 5.74) is 3.08. The SMILES string of the molecule is C=CCn1cnnc1SCC(=O)Nc1ccc(C)cc1C. The number of hydrogen-bond donors (Lipinski definition) is 1. The lowest BCUT2D eigenvalue weighted by atomic mass is 10.1. The summed E-state index contributed by atoms with van der Waals surface area (Å²) in [5.74, 6) is 0.239. The Morgan fingerprint density at radius 1 is 1.48 bits per heavy atom. The van der Waals surface area contributed by atoms with Crippen LogP contribution in [0.3, 0.4) is 0 Å². The fraction of sp³-hybridized carbons (Fsp3) is 0.267. The molecule has 21 heavy (non-hydrogen) atoms. The molecule has 2 rings (SSSR count). The molecule has 6 heteroatoms. The van der Waals surface area contributed by atoms with Crippen LogP contribution in [0.25, 0.3) is 0 Å². The predicted molar refractivity (Wildman–Crippen MR) is 85.5 cm³/mol. The maximum Gasteiger partial charge on any atom is 0.234 e. The van der Waals surface area contributed by atoms with Crippen molar-refractivity contribution in [2.75, 3.05) is 11.1 Å². The van der Waals surface area contributed by atoms with Crippen molar-refractivity contribution in [1.82, 2.24) is 14.8 Å². The fourth-order valence-electron chi connectivity index (χ4n) is 1.89. The van der Waals surface area contributed by atoms with Crippen molar-refractivity contribution >= 4 is 23.4 Å². The van der Waals surface area contributed by atoms with Crippen LogP contribution in [0.4, 0.5) is 5.69 Å². The molecule has 0 aliphatic heterocycles. The fourth-order valence-corrected chi connectivity index (χ4v) is 2.62. The number of aryl methyl sites for hydroxylation is 2. The molecule has 1 amide bonds. The number of anilines is 1. The molecule has 0 bridgehead atoms. The Balaban J connectivity index is 1.92. The van der Waals surface area contributed by atoms with Crippen molar-refractivity contribution < 1.29 is 4.79 Å². The van der Waals surface area contributed by atoms with E-state index >= 15 is 0 Å². The molecule has 1 aromatic carbocycles. The van der Waals surface area contributed by atoms with Gasteiger partial charge >= 0.3 is 0 Å². The zero-order valence-electron chi connectivity index (χ0n) is 12.2. The Hall–Kier alpha value is -2.08. The molecule has 1 aromatic heterocycles. The maximum atomic E-state index is 12.0. The van der Waals surface area contributed by atoms with Gasteiger partial charge in [0.25, 0.3) is 0 Å². The second-order valence-corrected chi connectivity index (χ2v) is 5.65. The number of amides is 1. The second kappa shape index (κ2) is 7.08. The third-order valence-corrected chi connectivity index (χ3v) is 3.88. The topological polar surface area (TPSA) is 59.8 Å². The molecular formula is C15H18N4OS. The first kappa shape index (κ1) is 15.3. The number of aromatic nitrogens is 3. The van der Waals surface area contributed by atoms with Crippen LogP contribution >= 0.6 is 11.8 Å². The van der Waals surface area contributed by atoms with Crippen LogP contribution in [0.1, 0.15) is 11.1 Å². The van der Waals surface area contributed by atoms with Gasteiger partial charge in [-0.15, -0.1) is 16.8 Å². The molecule has 0 unspecified atom stereocenters. The third-order valence-electron chi connectivity index (χ3n) is 2.89. The zero-order chi connectivity index (χ0) is 15.2. The van der Waals surface area contributed by atoms with E-state index in [2.05, 4.69) is 22.1 Å². The van der Waals surface area contributed by atoms with Crippen LogP contribution in [0.15, 0.2) is 42.3 Å². The molecule has 0 spiro atoms. The van der Waals surface area contributed by atoms with Crippen LogP contribution < -0.4 is 5.32 Å². The number of nitrogens with zero attached hydrogens (tertiary/aromatic N) is 3. The van der Waals surface area contributed by atoms with Gasteiger partial charge in [0, 0.05) is 12.2 Å². The standard InChI is InChI=1S/C15H18N4OS/c1-4-7-19-10-16-18-15(19)21-9-14(20)17-13-6-5-11(2)8-12(13)3/h4-6,8,10H,1,7,9H2,2-3H3,(H,17,20). The quantitative estimate of drug-likeness (QED) is 0.658. The van der Waals surface area contributed by atoms with Crippen molar-refractivity contribution in [2.24, 2.45) is 0 Å². The van der Waals surface area contributed by atoms with Crippen LogP contribution in [-0.4, -0.2) is 26.4 Å². The highest BCUT2D eigenvalue weighted by molar-refractivity contribution is 7.99. The van der Waals surface area contributed by atoms with E-state index in [1.165, 1.54) is 17.3 Å². The minimum absolute atomic E-state index is 0.0555. The van der Waals surface area contributed by atoms with Gasteiger partial charge in [0.15, 0.2) is 5.16 Å². The highest BCUT2D eigenvalue weighted by Crippen LogP contribution is 2.18. The minimum Gasteiger partial charge on any atom is -0.325 e. The van der Waals surface area contributed by atoms with E-state index in [-0.39, 0.29) is 5.91 Å². The summed E-state index contributed by atoms with van der Waals surface area (Å²) < 4.78 is 1.85. The summed E-state index contributed by atoms with van der Waals surface area (Å²) in [4.78, 5) is 12.0. The first-order valence-corrected chi connectivity index (χ1v) is 7.57. The number of hydrogen-bond acceptors (Lipinski definition) is 4. The minimum atomic E-state index is -0.0555. The number of carbonyl (C=O) groups is 1. The first-order chi connectivity index (χ1) is 10.1. The molecular weight excluding hydrogens is 284 g/mol. The monoisotopic (exact) mass is 302 g/mol. The highest BCUT2D eigenvalue weighted by Gasteiger charge is 2.09. The summed E-state index contributed by atoms with van der Waals surface area (Å²) in [6, 6.07) is 5.95. The van der Waals surface area contributed by atoms with Gasteiger partial charge in [-0.2, -0.15) is 0 Å². The third kappa shape index (κ3) is 4.19. The van der Waals surface area contributed by atoms with Crippen molar-refractivity contribution in [1.29, 1.82) is 0 Å². The van der Waals surface area contributed by atoms with Gasteiger partial charge in [0.1, 0.15) is 6.33 Å². The number of thioether (sulfide) groups is 1. The summed E-state index contributed by atoms with van der Waals surface area (Å²) >= 11 is 1.36. The smallest absolute Gasteiger partial charge is 0.234 e. The molecule has 0 radical (unpaired) electrons. The molecule has 1 N–H and O–H groups in total. The lowest BCUT2D eigenvalue weighted by Crippen LogP contribution is -2.15. The molecule has 0 fully saturated rings. The van der Waals surface area contributed by atoms with E-state index < -0.39 is 0 Å². The lowest BCUT2D eigenvalue weighted by Gasteiger charge is -2.09. The van der Waals surface area contributed by atoms with Crippen molar-refractivity contribution in [3.8, 4) is 0 Å². The number of allylic oxidation sites excluding steroid dienone is 1. The Morgan fingerprint density at radius 2 is 2.29 bits per heavy atom. The number of benzene rings is 1. The average molecular weight is 302 g/mol. The number of rotatable bonds is 6. The summed E-state index contributed by atoms with van der Waals surface area (Å²) in [6.45, 7) is 8.32. The van der Waals surface area contributed by atoms with Gasteiger partial charge in [-0.25, -0.2) is 0 Å². The summed E-state index contributed by atoms with van der Waals surface area (Å²) in [5, 5.41) is 11.5. The van der Waals surface area contributed by atoms with E-state index in [1.54, 1.807) is 12.4 Å². The largest absolute Gasteiger partial charge is 0.325 e. The second-order valence-electron chi connectivity index (χ2n) is 4.71. The Morgan fingerprint density at radius 3 is 3.00 bits per heavy atom. The van der Waals surface area contributed by atoms with E-state index in [1.807, 2.05) is 36.6 Å². The van der Waals surface area contributed by atoms with Gasteiger partial charge in [0.2, 0.25) is 5.91 Å². The molecule has 0 saturated heterocycles. The molecule has 0 atom stereocenters. The van der Waals surface area contributed by atoms with Gasteiger partial charge in [-0.3, -0.25) is 4.79 Å². The van der Waals surface area contributed by atoms with Crippen LogP contribution in [0.2, 0.25) is 0 Å². The van der Waals surface area contributed by atoms with E-state index in [0.29, 0.717) is 17.5 Å². The average Bonchev–Trinajstić information content (AvgIpc) is 2.88. The van der Waals surface area contributed by atoms with Crippen molar-refractivity contribution in [3.63, 3.8) is 0 Å². The van der Waals surface area contributed by atoms with E-state index in [0.717, 1.165) is 11.3 Å². The Labute approximate surface area is 128 Å². The lowest BCUT2D eigenvalue weighted by molar-refractivity contribution is -0.113. The van der Waals surface area contributed by atoms with Gasteiger partial charge < -0.3 is 9.88 Å². The van der Waals surface area contributed by atoms with Crippen LogP contribution in [-0.2, 0) is 11.3 Å². The molecule has 0 saturated carbocycles. The van der Waals surface area contributed by atoms with Crippen LogP contribution in [0, 0.1) is 13.8 Å². The molecule has 1 heterocycles. The summed E-state index contributed by atoms with van der Waals surface area (Å²) in [7, 11) is 0. The van der Waals surface area contributed by atoms with Crippen LogP contribution in [0.5, 0.6) is 0 Å². The zero-order valence-corrected chi connectivity index (χ0v) is 13.0. The molecule has 5 nitrogen and oxygen atoms in total. The van der Waals surface area contributed by atoms with Crippen molar-refractivity contribution in [2.45, 2.75) is 25.5 Å². The molecule has 2 aromatic rings. The van der Waals surface area contributed by atoms with Crippen molar-refractivity contribution in [3.05, 3.63) is 48.3 Å². The molecule has 0 aliphatic carbocycles.